The fraction of sp³-hybridized carbons (Fsp3) is 0.381. The van der Waals surface area contributed by atoms with Gasteiger partial charge in [0.15, 0.2) is 0 Å². The van der Waals surface area contributed by atoms with Gasteiger partial charge in [-0.15, -0.1) is 0 Å². The summed E-state index contributed by atoms with van der Waals surface area (Å²) in [6.07, 6.45) is 4.85. The van der Waals surface area contributed by atoms with Crippen LogP contribution in [0.15, 0.2) is 36.5 Å². The zero-order valence-corrected chi connectivity index (χ0v) is 16.9. The van der Waals surface area contributed by atoms with Crippen LogP contribution in [0.25, 0.3) is 0 Å². The van der Waals surface area contributed by atoms with Crippen LogP contribution in [0.5, 0.6) is 0 Å². The number of carbonyl (C=O) groups is 1. The van der Waals surface area contributed by atoms with E-state index >= 15 is 0 Å². The lowest BCUT2D eigenvalue weighted by atomic mass is 9.93. The van der Waals surface area contributed by atoms with E-state index in [-0.39, 0.29) is 18.5 Å². The second-order valence-corrected chi connectivity index (χ2v) is 7.72. The van der Waals surface area contributed by atoms with Crippen molar-refractivity contribution in [3.8, 4) is 0 Å². The maximum Gasteiger partial charge on any atom is 0.242 e. The molecule has 1 aliphatic carbocycles. The Morgan fingerprint density at radius 2 is 2.04 bits per heavy atom. The number of amides is 1. The van der Waals surface area contributed by atoms with Crippen molar-refractivity contribution >= 4 is 17.5 Å². The molecule has 146 valence electrons. The number of aromatic nitrogens is 4. The van der Waals surface area contributed by atoms with E-state index in [1.165, 1.54) is 11.3 Å². The zero-order valence-electron chi connectivity index (χ0n) is 16.2. The molecule has 0 fully saturated rings. The molecule has 7 heteroatoms. The quantitative estimate of drug-likeness (QED) is 0.715. The van der Waals surface area contributed by atoms with Crippen LogP contribution in [0.2, 0.25) is 5.02 Å². The normalized spacial score (nSPS) is 16.0. The van der Waals surface area contributed by atoms with E-state index < -0.39 is 0 Å². The molecule has 0 radical (unpaired) electrons. The number of hydrogen-bond donors (Lipinski definition) is 1. The minimum Gasteiger partial charge on any atom is -0.348 e. The van der Waals surface area contributed by atoms with Crippen LogP contribution in [0.3, 0.4) is 0 Å². The first kappa shape index (κ1) is 18.7. The van der Waals surface area contributed by atoms with Gasteiger partial charge in [0, 0.05) is 11.3 Å². The molecule has 2 heterocycles. The summed E-state index contributed by atoms with van der Waals surface area (Å²) in [5, 5.41) is 12.7. The van der Waals surface area contributed by atoms with E-state index in [1.54, 1.807) is 4.68 Å². The molecule has 1 atom stereocenters. The Morgan fingerprint density at radius 3 is 2.75 bits per heavy atom. The van der Waals surface area contributed by atoms with Gasteiger partial charge < -0.3 is 5.32 Å². The van der Waals surface area contributed by atoms with Crippen LogP contribution in [-0.2, 0) is 24.3 Å². The van der Waals surface area contributed by atoms with Gasteiger partial charge in [-0.3, -0.25) is 14.2 Å². The Balaban J connectivity index is 1.47. The van der Waals surface area contributed by atoms with Gasteiger partial charge in [0.1, 0.15) is 6.54 Å². The number of nitrogens with zero attached hydrogens (tertiary/aromatic N) is 4. The number of nitrogens with one attached hydrogen (secondary N) is 1. The van der Waals surface area contributed by atoms with Crippen molar-refractivity contribution in [2.75, 3.05) is 0 Å². The molecule has 1 aliphatic rings. The van der Waals surface area contributed by atoms with Gasteiger partial charge in [0.05, 0.1) is 35.2 Å². The number of benzene rings is 1. The average Bonchev–Trinajstić information content (AvgIpc) is 3.20. The molecule has 0 bridgehead atoms. The summed E-state index contributed by atoms with van der Waals surface area (Å²) in [4.78, 5) is 12.6. The summed E-state index contributed by atoms with van der Waals surface area (Å²) in [5.41, 5.74) is 5.13. The van der Waals surface area contributed by atoms with Gasteiger partial charge in [-0.1, -0.05) is 41.9 Å². The van der Waals surface area contributed by atoms with Crippen molar-refractivity contribution in [3.63, 3.8) is 0 Å². The summed E-state index contributed by atoms with van der Waals surface area (Å²) >= 11 is 6.18. The molecular weight excluding hydrogens is 374 g/mol. The van der Waals surface area contributed by atoms with Gasteiger partial charge in [-0.25, -0.2) is 0 Å². The summed E-state index contributed by atoms with van der Waals surface area (Å²) in [6, 6.07) is 10.3. The Hall–Kier alpha value is -2.60. The van der Waals surface area contributed by atoms with Crippen LogP contribution in [0.1, 0.15) is 47.1 Å². The van der Waals surface area contributed by atoms with E-state index in [4.69, 9.17) is 11.6 Å². The molecule has 4 rings (SSSR count). The lowest BCUT2D eigenvalue weighted by Gasteiger charge is -2.24. The number of fused-ring (bicyclic) bond motifs is 1. The van der Waals surface area contributed by atoms with Gasteiger partial charge in [-0.05, 0) is 38.7 Å². The Kier molecular flexibility index (Phi) is 5.22. The van der Waals surface area contributed by atoms with Gasteiger partial charge in [-0.2, -0.15) is 10.2 Å². The third-order valence-electron chi connectivity index (χ3n) is 5.36. The second kappa shape index (κ2) is 7.80. The molecule has 0 saturated heterocycles. The minimum atomic E-state index is -0.0593. The second-order valence-electron chi connectivity index (χ2n) is 7.34. The van der Waals surface area contributed by atoms with Crippen molar-refractivity contribution in [1.29, 1.82) is 0 Å². The number of hydrogen-bond acceptors (Lipinski definition) is 3. The summed E-state index contributed by atoms with van der Waals surface area (Å²) in [6.45, 7) is 4.64. The maximum absolute atomic E-state index is 12.6. The van der Waals surface area contributed by atoms with Crippen LogP contribution < -0.4 is 5.32 Å². The standard InChI is InChI=1S/C21H24ClN5O/c1-14-21(22)15(2)26(25-14)13-20(28)24-18-9-6-10-19-17(18)11-23-27(19)12-16-7-4-3-5-8-16/h3-5,7-8,11,18H,6,9-10,12-13H2,1-2H3,(H,24,28)/t18-/m1/s1. The molecule has 0 saturated carbocycles. The lowest BCUT2D eigenvalue weighted by molar-refractivity contribution is -0.122. The molecule has 0 aliphatic heterocycles. The molecule has 0 spiro atoms. The Labute approximate surface area is 169 Å². The molecule has 0 unspecified atom stereocenters. The average molecular weight is 398 g/mol. The first-order valence-electron chi connectivity index (χ1n) is 9.60. The molecule has 3 aromatic rings. The summed E-state index contributed by atoms with van der Waals surface area (Å²) < 4.78 is 3.72. The smallest absolute Gasteiger partial charge is 0.242 e. The highest BCUT2D eigenvalue weighted by atomic mass is 35.5. The van der Waals surface area contributed by atoms with Crippen molar-refractivity contribution in [3.05, 3.63) is 69.8 Å². The van der Waals surface area contributed by atoms with Gasteiger partial charge in [0.2, 0.25) is 5.91 Å². The van der Waals surface area contributed by atoms with Crippen LogP contribution >= 0.6 is 11.6 Å². The highest BCUT2D eigenvalue weighted by Crippen LogP contribution is 2.30. The summed E-state index contributed by atoms with van der Waals surface area (Å²) in [5.74, 6) is -0.0593. The van der Waals surface area contributed by atoms with Crippen LogP contribution in [0, 0.1) is 13.8 Å². The van der Waals surface area contributed by atoms with E-state index in [0.717, 1.165) is 42.8 Å². The van der Waals surface area contributed by atoms with Gasteiger partial charge in [0.25, 0.3) is 0 Å². The predicted molar refractivity (Wildman–Crippen MR) is 108 cm³/mol. The number of carbonyl (C=O) groups excluding carboxylic acids is 1. The third-order valence-corrected chi connectivity index (χ3v) is 5.91. The summed E-state index contributed by atoms with van der Waals surface area (Å²) in [7, 11) is 0. The van der Waals surface area contributed by atoms with E-state index in [1.807, 2.05) is 38.2 Å². The molecule has 1 N–H and O–H groups in total. The monoisotopic (exact) mass is 397 g/mol. The van der Waals surface area contributed by atoms with Crippen LogP contribution in [0.4, 0.5) is 0 Å². The lowest BCUT2D eigenvalue weighted by Crippen LogP contribution is -2.34. The molecule has 1 aromatic carbocycles. The Bertz CT molecular complexity index is 992. The zero-order chi connectivity index (χ0) is 19.7. The molecule has 28 heavy (non-hydrogen) atoms. The highest BCUT2D eigenvalue weighted by molar-refractivity contribution is 6.31. The largest absolute Gasteiger partial charge is 0.348 e. The fourth-order valence-electron chi connectivity index (χ4n) is 3.87. The van der Waals surface area contributed by atoms with E-state index in [2.05, 4.69) is 32.3 Å². The SMILES string of the molecule is Cc1nn(CC(=O)N[C@@H]2CCCc3c2cnn3Cc2ccccc2)c(C)c1Cl. The van der Waals surface area contributed by atoms with Crippen molar-refractivity contribution < 1.29 is 4.79 Å². The molecule has 1 amide bonds. The molecule has 2 aromatic heterocycles. The highest BCUT2D eigenvalue weighted by Gasteiger charge is 2.26. The van der Waals surface area contributed by atoms with Crippen molar-refractivity contribution in [1.82, 2.24) is 24.9 Å². The Morgan fingerprint density at radius 1 is 1.25 bits per heavy atom. The first-order valence-corrected chi connectivity index (χ1v) is 9.98. The van der Waals surface area contributed by atoms with Crippen molar-refractivity contribution in [2.45, 2.75) is 52.2 Å². The molecular formula is C21H24ClN5O. The van der Waals surface area contributed by atoms with Crippen molar-refractivity contribution in [2.24, 2.45) is 0 Å². The fourth-order valence-corrected chi connectivity index (χ4v) is 4.00. The number of halogens is 1. The topological polar surface area (TPSA) is 64.7 Å². The third kappa shape index (κ3) is 3.69. The van der Waals surface area contributed by atoms with E-state index in [0.29, 0.717) is 5.02 Å². The molecule has 6 nitrogen and oxygen atoms in total. The van der Waals surface area contributed by atoms with Crippen LogP contribution in [-0.4, -0.2) is 25.5 Å². The number of aryl methyl sites for hydroxylation is 1. The van der Waals surface area contributed by atoms with Gasteiger partial charge >= 0.3 is 0 Å². The predicted octanol–water partition coefficient (Wildman–Crippen LogP) is 3.59. The minimum absolute atomic E-state index is 0.00629. The first-order chi connectivity index (χ1) is 13.5. The van der Waals surface area contributed by atoms with E-state index in [9.17, 15) is 4.79 Å². The maximum atomic E-state index is 12.6. The number of rotatable bonds is 5.